The maximum absolute atomic E-state index is 6.29. The van der Waals surface area contributed by atoms with Gasteiger partial charge in [0.25, 0.3) is 0 Å². The zero-order valence-electron chi connectivity index (χ0n) is 10.8. The molecule has 0 N–H and O–H groups in total. The van der Waals surface area contributed by atoms with Crippen molar-refractivity contribution in [2.75, 3.05) is 0 Å². The first kappa shape index (κ1) is 10.6. The Bertz CT molecular complexity index is 373. The van der Waals surface area contributed by atoms with Crippen molar-refractivity contribution in [1.29, 1.82) is 0 Å². The molecule has 2 bridgehead atoms. The predicted molar refractivity (Wildman–Crippen MR) is 66.2 cm³/mol. The SMILES string of the molecule is CC1=CC[C@H]2[C@@H]3C(=C(C)C)C(C[C@@H]2C)OC13. The molecule has 1 nitrogen and oxygen atoms in total. The van der Waals surface area contributed by atoms with Gasteiger partial charge in [-0.2, -0.15) is 0 Å². The van der Waals surface area contributed by atoms with E-state index in [-0.39, 0.29) is 0 Å². The molecule has 0 amide bonds. The van der Waals surface area contributed by atoms with E-state index in [0.29, 0.717) is 18.1 Å². The minimum Gasteiger partial charge on any atom is -0.366 e. The Hall–Kier alpha value is -0.560. The largest absolute Gasteiger partial charge is 0.366 e. The highest BCUT2D eigenvalue weighted by atomic mass is 16.5. The normalized spacial score (nSPS) is 45.6. The third kappa shape index (κ3) is 1.27. The van der Waals surface area contributed by atoms with Gasteiger partial charge in [0.15, 0.2) is 0 Å². The van der Waals surface area contributed by atoms with Crippen LogP contribution in [0.1, 0.15) is 40.5 Å². The van der Waals surface area contributed by atoms with Crippen molar-refractivity contribution in [2.45, 2.75) is 52.7 Å². The van der Waals surface area contributed by atoms with Gasteiger partial charge < -0.3 is 4.74 Å². The molecule has 88 valence electrons. The van der Waals surface area contributed by atoms with E-state index >= 15 is 0 Å². The lowest BCUT2D eigenvalue weighted by atomic mass is 9.64. The fourth-order valence-electron chi connectivity index (χ4n) is 4.08. The van der Waals surface area contributed by atoms with Crippen molar-refractivity contribution in [3.8, 4) is 0 Å². The zero-order chi connectivity index (χ0) is 11.4. The molecule has 0 radical (unpaired) electrons. The van der Waals surface area contributed by atoms with E-state index in [1.807, 2.05) is 0 Å². The molecule has 1 aliphatic heterocycles. The van der Waals surface area contributed by atoms with Crippen molar-refractivity contribution < 1.29 is 4.74 Å². The molecule has 16 heavy (non-hydrogen) atoms. The molecule has 1 saturated carbocycles. The van der Waals surface area contributed by atoms with Gasteiger partial charge in [-0.05, 0) is 56.6 Å². The smallest absolute Gasteiger partial charge is 0.0859 e. The molecule has 0 aromatic carbocycles. The second kappa shape index (κ2) is 3.46. The average Bonchev–Trinajstić information content (AvgIpc) is 2.53. The van der Waals surface area contributed by atoms with Crippen LogP contribution in [0.3, 0.4) is 0 Å². The van der Waals surface area contributed by atoms with Crippen molar-refractivity contribution in [1.82, 2.24) is 0 Å². The van der Waals surface area contributed by atoms with Gasteiger partial charge in [0.1, 0.15) is 0 Å². The minimum absolute atomic E-state index is 0.401. The van der Waals surface area contributed by atoms with E-state index in [2.05, 4.69) is 33.8 Å². The molecule has 0 aromatic rings. The van der Waals surface area contributed by atoms with E-state index in [9.17, 15) is 0 Å². The summed E-state index contributed by atoms with van der Waals surface area (Å²) < 4.78 is 6.29. The van der Waals surface area contributed by atoms with Crippen molar-refractivity contribution in [3.63, 3.8) is 0 Å². The number of hydrogen-bond donors (Lipinski definition) is 0. The van der Waals surface area contributed by atoms with Crippen LogP contribution in [0.4, 0.5) is 0 Å². The van der Waals surface area contributed by atoms with Gasteiger partial charge >= 0.3 is 0 Å². The van der Waals surface area contributed by atoms with Crippen LogP contribution in [-0.4, -0.2) is 12.2 Å². The molecule has 1 heterocycles. The Morgan fingerprint density at radius 1 is 1.38 bits per heavy atom. The molecule has 1 saturated heterocycles. The van der Waals surface area contributed by atoms with Gasteiger partial charge in [0, 0.05) is 5.92 Å². The highest BCUT2D eigenvalue weighted by Crippen LogP contribution is 2.54. The molecule has 3 rings (SSSR count). The molecule has 2 unspecified atom stereocenters. The van der Waals surface area contributed by atoms with Crippen molar-refractivity contribution in [2.24, 2.45) is 17.8 Å². The summed E-state index contributed by atoms with van der Waals surface area (Å²) in [6.07, 6.45) is 5.74. The van der Waals surface area contributed by atoms with E-state index in [1.54, 1.807) is 5.57 Å². The summed E-state index contributed by atoms with van der Waals surface area (Å²) in [7, 11) is 0. The van der Waals surface area contributed by atoms with Crippen molar-refractivity contribution >= 4 is 0 Å². The highest BCUT2D eigenvalue weighted by molar-refractivity contribution is 5.34. The summed E-state index contributed by atoms with van der Waals surface area (Å²) in [5.74, 6) is 2.36. The minimum atomic E-state index is 0.401. The van der Waals surface area contributed by atoms with Gasteiger partial charge in [-0.3, -0.25) is 0 Å². The van der Waals surface area contributed by atoms with E-state index < -0.39 is 0 Å². The molecular formula is C15H22O. The molecule has 1 heteroatoms. The fourth-order valence-corrected chi connectivity index (χ4v) is 4.08. The molecule has 2 fully saturated rings. The summed E-state index contributed by atoms with van der Waals surface area (Å²) in [6.45, 7) is 9.17. The topological polar surface area (TPSA) is 9.23 Å². The Balaban J connectivity index is 2.09. The summed E-state index contributed by atoms with van der Waals surface area (Å²) in [5, 5.41) is 0. The first-order valence-electron chi connectivity index (χ1n) is 6.59. The second-order valence-electron chi connectivity index (χ2n) is 6.09. The van der Waals surface area contributed by atoms with Gasteiger partial charge in [0.2, 0.25) is 0 Å². The van der Waals surface area contributed by atoms with Crippen LogP contribution >= 0.6 is 0 Å². The molecule has 2 aliphatic carbocycles. The van der Waals surface area contributed by atoms with Gasteiger partial charge in [-0.15, -0.1) is 0 Å². The van der Waals surface area contributed by atoms with Gasteiger partial charge in [0.05, 0.1) is 12.2 Å². The third-order valence-corrected chi connectivity index (χ3v) is 4.86. The van der Waals surface area contributed by atoms with E-state index in [0.717, 1.165) is 11.8 Å². The lowest BCUT2D eigenvalue weighted by Gasteiger charge is -2.39. The number of allylic oxidation sites excluding steroid dienone is 2. The first-order valence-corrected chi connectivity index (χ1v) is 6.59. The molecule has 0 aromatic heterocycles. The Kier molecular flexibility index (Phi) is 2.29. The number of fused-ring (bicyclic) bond motifs is 1. The number of ether oxygens (including phenoxy) is 1. The monoisotopic (exact) mass is 218 g/mol. The quantitative estimate of drug-likeness (QED) is 0.563. The molecule has 0 spiro atoms. The molecule has 3 aliphatic rings. The summed E-state index contributed by atoms with van der Waals surface area (Å²) in [5.41, 5.74) is 4.61. The summed E-state index contributed by atoms with van der Waals surface area (Å²) >= 11 is 0. The molecule has 5 atom stereocenters. The predicted octanol–water partition coefficient (Wildman–Crippen LogP) is 3.71. The summed E-state index contributed by atoms with van der Waals surface area (Å²) in [6, 6.07) is 0. The van der Waals surface area contributed by atoms with Crippen LogP contribution in [0.5, 0.6) is 0 Å². The first-order chi connectivity index (χ1) is 7.59. The van der Waals surface area contributed by atoms with Crippen LogP contribution in [-0.2, 0) is 4.74 Å². The van der Waals surface area contributed by atoms with E-state index in [1.165, 1.54) is 24.0 Å². The standard InChI is InChI=1S/C15H22O/c1-8(2)13-12-7-10(4)11-6-5-9(3)15(16-12)14(11)13/h5,10-12,14-15H,6-7H2,1-4H3/t10-,11+,12?,14+,15?/m0/s1. The van der Waals surface area contributed by atoms with Crippen molar-refractivity contribution in [3.05, 3.63) is 22.8 Å². The number of hydrogen-bond acceptors (Lipinski definition) is 1. The van der Waals surface area contributed by atoms with Crippen LogP contribution < -0.4 is 0 Å². The number of rotatable bonds is 0. The molecular weight excluding hydrogens is 196 g/mol. The van der Waals surface area contributed by atoms with Crippen LogP contribution in [0.25, 0.3) is 0 Å². The second-order valence-corrected chi connectivity index (χ2v) is 6.09. The lowest BCUT2D eigenvalue weighted by molar-refractivity contribution is 0.0637. The Morgan fingerprint density at radius 3 is 2.81 bits per heavy atom. The highest BCUT2D eigenvalue weighted by Gasteiger charge is 2.51. The maximum Gasteiger partial charge on any atom is 0.0859 e. The third-order valence-electron chi connectivity index (χ3n) is 4.86. The van der Waals surface area contributed by atoms with Crippen LogP contribution in [0.2, 0.25) is 0 Å². The Morgan fingerprint density at radius 2 is 2.12 bits per heavy atom. The summed E-state index contributed by atoms with van der Waals surface area (Å²) in [4.78, 5) is 0. The van der Waals surface area contributed by atoms with Crippen LogP contribution in [0.15, 0.2) is 22.8 Å². The zero-order valence-corrected chi connectivity index (χ0v) is 10.8. The maximum atomic E-state index is 6.29. The van der Waals surface area contributed by atoms with Crippen LogP contribution in [0, 0.1) is 17.8 Å². The lowest BCUT2D eigenvalue weighted by Crippen LogP contribution is -2.36. The average molecular weight is 218 g/mol. The van der Waals surface area contributed by atoms with Gasteiger partial charge in [-0.25, -0.2) is 0 Å². The fraction of sp³-hybridized carbons (Fsp3) is 0.733. The Labute approximate surface area is 98.6 Å². The van der Waals surface area contributed by atoms with Gasteiger partial charge in [-0.1, -0.05) is 18.6 Å². The van der Waals surface area contributed by atoms with E-state index in [4.69, 9.17) is 4.74 Å².